The van der Waals surface area contributed by atoms with E-state index < -0.39 is 25.0 Å². The van der Waals surface area contributed by atoms with E-state index in [0.717, 1.165) is 12.7 Å². The van der Waals surface area contributed by atoms with E-state index in [2.05, 4.69) is 5.32 Å². The molecule has 0 aromatic heterocycles. The van der Waals surface area contributed by atoms with Gasteiger partial charge in [0.05, 0.1) is 6.61 Å². The summed E-state index contributed by atoms with van der Waals surface area (Å²) in [6.45, 7) is 7.91. The first-order chi connectivity index (χ1) is 8.94. The van der Waals surface area contributed by atoms with E-state index in [1.165, 1.54) is 0 Å². The minimum absolute atomic E-state index is 0.120. The van der Waals surface area contributed by atoms with Gasteiger partial charge in [-0.25, -0.2) is 9.59 Å². The Morgan fingerprint density at radius 2 is 1.90 bits per heavy atom. The van der Waals surface area contributed by atoms with Gasteiger partial charge >= 0.3 is 12.1 Å². The molecule has 2 N–H and O–H groups in total. The van der Waals surface area contributed by atoms with Gasteiger partial charge in [0.25, 0.3) is 0 Å². The first-order valence-corrected chi connectivity index (χ1v) is 8.40. The maximum atomic E-state index is 11.6. The van der Waals surface area contributed by atoms with Crippen LogP contribution in [0, 0.1) is 0 Å². The highest BCUT2D eigenvalue weighted by Gasteiger charge is 2.21. The van der Waals surface area contributed by atoms with Gasteiger partial charge in [-0.3, -0.25) is 9.88 Å². The van der Waals surface area contributed by atoms with Gasteiger partial charge in [-0.05, 0) is 33.8 Å². The van der Waals surface area contributed by atoms with Crippen molar-refractivity contribution in [1.29, 1.82) is 0 Å². The second kappa shape index (κ2) is 7.45. The Bertz CT molecular complexity index is 432. The molecule has 0 rings (SSSR count). The lowest BCUT2D eigenvalue weighted by molar-refractivity contribution is -0.139. The summed E-state index contributed by atoms with van der Waals surface area (Å²) in [6, 6.07) is 0. The molecule has 0 spiro atoms. The SMILES string of the molecule is CCOC(=O)/C(=C/CP(C)(=O)O)NC(=O)OC(C)(C)C. The molecule has 1 amide bonds. The summed E-state index contributed by atoms with van der Waals surface area (Å²) in [5.41, 5.74) is -0.932. The second-order valence-corrected chi connectivity index (χ2v) is 7.67. The van der Waals surface area contributed by atoms with Crippen LogP contribution in [0.5, 0.6) is 0 Å². The molecule has 0 radical (unpaired) electrons. The van der Waals surface area contributed by atoms with Crippen LogP contribution >= 0.6 is 7.37 Å². The number of allylic oxidation sites excluding steroid dienone is 1. The number of hydrogen-bond donors (Lipinski definition) is 2. The van der Waals surface area contributed by atoms with Crippen LogP contribution in [0.3, 0.4) is 0 Å². The first kappa shape index (κ1) is 18.7. The molecule has 0 heterocycles. The number of nitrogens with one attached hydrogen (secondary N) is 1. The lowest BCUT2D eigenvalue weighted by Gasteiger charge is -2.20. The van der Waals surface area contributed by atoms with E-state index in [1.54, 1.807) is 27.7 Å². The van der Waals surface area contributed by atoms with Crippen molar-refractivity contribution in [3.63, 3.8) is 0 Å². The summed E-state index contributed by atoms with van der Waals surface area (Å²) in [5, 5.41) is 2.22. The molecule has 8 heteroatoms. The van der Waals surface area contributed by atoms with Crippen LogP contribution < -0.4 is 5.32 Å². The molecule has 0 fully saturated rings. The molecule has 1 atom stereocenters. The van der Waals surface area contributed by atoms with E-state index >= 15 is 0 Å². The zero-order valence-corrected chi connectivity index (χ0v) is 13.3. The molecule has 7 nitrogen and oxygen atoms in total. The number of esters is 1. The maximum absolute atomic E-state index is 11.6. The van der Waals surface area contributed by atoms with Crippen molar-refractivity contribution in [2.45, 2.75) is 33.3 Å². The Labute approximate surface area is 118 Å². The number of alkyl carbamates (subject to hydrolysis) is 1. The summed E-state index contributed by atoms with van der Waals surface area (Å²) in [6.07, 6.45) is 0.0697. The topological polar surface area (TPSA) is 102 Å². The van der Waals surface area contributed by atoms with Crippen LogP contribution in [0.15, 0.2) is 11.8 Å². The van der Waals surface area contributed by atoms with Gasteiger partial charge in [-0.2, -0.15) is 0 Å². The Morgan fingerprint density at radius 3 is 2.30 bits per heavy atom. The molecule has 116 valence electrons. The summed E-state index contributed by atoms with van der Waals surface area (Å²) in [5.74, 6) is -0.785. The van der Waals surface area contributed by atoms with E-state index in [-0.39, 0.29) is 18.5 Å². The largest absolute Gasteiger partial charge is 0.461 e. The summed E-state index contributed by atoms with van der Waals surface area (Å²) < 4.78 is 21.0. The van der Waals surface area contributed by atoms with E-state index in [1.807, 2.05) is 0 Å². The highest BCUT2D eigenvalue weighted by molar-refractivity contribution is 7.57. The highest BCUT2D eigenvalue weighted by Crippen LogP contribution is 2.34. The number of carbonyl (C=O) groups is 2. The summed E-state index contributed by atoms with van der Waals surface area (Å²) in [7, 11) is -3.34. The quantitative estimate of drug-likeness (QED) is 0.456. The fraction of sp³-hybridized carbons (Fsp3) is 0.667. The maximum Gasteiger partial charge on any atom is 0.412 e. The van der Waals surface area contributed by atoms with Crippen LogP contribution in [0.2, 0.25) is 0 Å². The fourth-order valence-corrected chi connectivity index (χ4v) is 1.59. The predicted octanol–water partition coefficient (Wildman–Crippen LogP) is 1.86. The van der Waals surface area contributed by atoms with Crippen LogP contribution in [-0.4, -0.2) is 42.0 Å². The molecule has 0 aromatic rings. The van der Waals surface area contributed by atoms with Gasteiger partial charge in [-0.1, -0.05) is 0 Å². The van der Waals surface area contributed by atoms with E-state index in [9.17, 15) is 19.0 Å². The van der Waals surface area contributed by atoms with Crippen molar-refractivity contribution < 1.29 is 28.5 Å². The van der Waals surface area contributed by atoms with Gasteiger partial charge in [0.2, 0.25) is 7.37 Å². The monoisotopic (exact) mass is 307 g/mol. The zero-order chi connectivity index (χ0) is 16.0. The van der Waals surface area contributed by atoms with Crippen molar-refractivity contribution >= 4 is 19.4 Å². The third kappa shape index (κ3) is 9.58. The average molecular weight is 307 g/mol. The first-order valence-electron chi connectivity index (χ1n) is 6.11. The Morgan fingerprint density at radius 1 is 1.35 bits per heavy atom. The molecule has 0 aliphatic carbocycles. The molecule has 0 bridgehead atoms. The van der Waals surface area contributed by atoms with Crippen LogP contribution in [0.25, 0.3) is 0 Å². The highest BCUT2D eigenvalue weighted by atomic mass is 31.2. The standard InChI is InChI=1S/C12H22NO6P/c1-6-18-10(14)9(7-8-20(5,16)17)13-11(15)19-12(2,3)4/h7H,6,8H2,1-5H3,(H,13,15)(H,16,17)/b9-7-. The van der Waals surface area contributed by atoms with Crippen molar-refractivity contribution in [2.75, 3.05) is 19.4 Å². The van der Waals surface area contributed by atoms with Crippen LogP contribution in [0.4, 0.5) is 4.79 Å². The van der Waals surface area contributed by atoms with Gasteiger partial charge in [-0.15, -0.1) is 0 Å². The van der Waals surface area contributed by atoms with Crippen molar-refractivity contribution in [1.82, 2.24) is 5.32 Å². The molecule has 0 aliphatic rings. The molecule has 0 aromatic carbocycles. The summed E-state index contributed by atoms with van der Waals surface area (Å²) >= 11 is 0. The molecule has 1 unspecified atom stereocenters. The summed E-state index contributed by atoms with van der Waals surface area (Å²) in [4.78, 5) is 32.4. The number of rotatable bonds is 5. The lowest BCUT2D eigenvalue weighted by atomic mass is 10.2. The fourth-order valence-electron chi connectivity index (χ4n) is 1.07. The number of amides is 1. The van der Waals surface area contributed by atoms with Crippen molar-refractivity contribution in [2.24, 2.45) is 0 Å². The van der Waals surface area contributed by atoms with Crippen LogP contribution in [-0.2, 0) is 18.8 Å². The number of ether oxygens (including phenoxy) is 2. The van der Waals surface area contributed by atoms with Crippen molar-refractivity contribution in [3.05, 3.63) is 11.8 Å². The Balaban J connectivity index is 4.91. The minimum atomic E-state index is -3.34. The third-order valence-corrected chi connectivity index (χ3v) is 2.63. The smallest absolute Gasteiger partial charge is 0.412 e. The Kier molecular flexibility index (Phi) is 6.96. The molecule has 0 saturated carbocycles. The van der Waals surface area contributed by atoms with E-state index in [0.29, 0.717) is 0 Å². The van der Waals surface area contributed by atoms with Gasteiger partial charge in [0.1, 0.15) is 11.3 Å². The van der Waals surface area contributed by atoms with Gasteiger partial charge < -0.3 is 14.4 Å². The normalized spacial score (nSPS) is 15.2. The number of carbonyl (C=O) groups excluding carboxylic acids is 2. The lowest BCUT2D eigenvalue weighted by Crippen LogP contribution is -2.34. The predicted molar refractivity (Wildman–Crippen MR) is 74.7 cm³/mol. The van der Waals surface area contributed by atoms with Crippen LogP contribution in [0.1, 0.15) is 27.7 Å². The molecule has 0 saturated heterocycles. The molecule has 20 heavy (non-hydrogen) atoms. The third-order valence-electron chi connectivity index (χ3n) is 1.77. The number of hydrogen-bond acceptors (Lipinski definition) is 5. The average Bonchev–Trinajstić information content (AvgIpc) is 2.20. The van der Waals surface area contributed by atoms with Gasteiger partial charge in [0, 0.05) is 12.8 Å². The molecule has 0 aliphatic heterocycles. The van der Waals surface area contributed by atoms with Gasteiger partial charge in [0.15, 0.2) is 0 Å². The molecular weight excluding hydrogens is 285 g/mol. The Hall–Kier alpha value is -1.33. The molecular formula is C12H22NO6P. The van der Waals surface area contributed by atoms with E-state index in [4.69, 9.17) is 9.47 Å². The van der Waals surface area contributed by atoms with Crippen molar-refractivity contribution in [3.8, 4) is 0 Å². The zero-order valence-electron chi connectivity index (χ0n) is 12.4. The second-order valence-electron chi connectivity index (χ2n) is 5.20. The minimum Gasteiger partial charge on any atom is -0.461 e.